The summed E-state index contributed by atoms with van der Waals surface area (Å²) < 4.78 is 1.79. The molecule has 2 aromatic heterocycles. The van der Waals surface area contributed by atoms with Gasteiger partial charge in [-0.15, -0.1) is 0 Å². The van der Waals surface area contributed by atoms with Crippen LogP contribution in [-0.4, -0.2) is 31.5 Å². The van der Waals surface area contributed by atoms with Gasteiger partial charge < -0.3 is 16.0 Å². The smallest absolute Gasteiger partial charge is 0.242 e. The van der Waals surface area contributed by atoms with Gasteiger partial charge in [-0.2, -0.15) is 9.97 Å². The fraction of sp³-hybridized carbons (Fsp3) is 0.259. The minimum Gasteiger partial charge on any atom is -0.358 e. The van der Waals surface area contributed by atoms with E-state index in [1.165, 1.54) is 0 Å². The van der Waals surface area contributed by atoms with Gasteiger partial charge in [-0.25, -0.2) is 4.98 Å². The number of nitrogens with zero attached hydrogens (tertiary/aromatic N) is 4. The molecule has 4 rings (SSSR count). The molecule has 0 spiro atoms. The summed E-state index contributed by atoms with van der Waals surface area (Å²) in [6, 6.07) is 16.3. The fourth-order valence-electron chi connectivity index (χ4n) is 3.74. The number of imidazole rings is 1. The number of hydrogen-bond donors (Lipinski definition) is 3. The van der Waals surface area contributed by atoms with Crippen LogP contribution in [0.25, 0.3) is 5.82 Å². The summed E-state index contributed by atoms with van der Waals surface area (Å²) >= 11 is 12.1. The molecular weight excluding hydrogens is 509 g/mol. The molecule has 0 radical (unpaired) electrons. The molecule has 0 saturated carbocycles. The molecule has 2 heterocycles. The van der Waals surface area contributed by atoms with Gasteiger partial charge in [-0.05, 0) is 47.7 Å². The summed E-state index contributed by atoms with van der Waals surface area (Å²) in [5, 5.41) is 10.9. The Labute approximate surface area is 226 Å². The van der Waals surface area contributed by atoms with Gasteiger partial charge in [0.15, 0.2) is 0 Å². The van der Waals surface area contributed by atoms with Gasteiger partial charge in [0.2, 0.25) is 11.9 Å². The summed E-state index contributed by atoms with van der Waals surface area (Å²) in [6.07, 6.45) is 5.77. The first-order chi connectivity index (χ1) is 17.9. The Morgan fingerprint density at radius 3 is 2.49 bits per heavy atom. The number of benzene rings is 2. The molecule has 0 aliphatic rings. The van der Waals surface area contributed by atoms with Crippen molar-refractivity contribution in [2.24, 2.45) is 5.92 Å². The van der Waals surface area contributed by atoms with Crippen LogP contribution in [-0.2, 0) is 17.9 Å². The van der Waals surface area contributed by atoms with E-state index in [0.717, 1.165) is 11.1 Å². The van der Waals surface area contributed by atoms with Crippen LogP contribution < -0.4 is 16.0 Å². The Morgan fingerprint density at radius 1 is 0.973 bits per heavy atom. The lowest BCUT2D eigenvalue weighted by Gasteiger charge is -2.21. The molecule has 0 aliphatic carbocycles. The van der Waals surface area contributed by atoms with E-state index in [2.05, 4.69) is 44.7 Å². The van der Waals surface area contributed by atoms with E-state index in [1.54, 1.807) is 29.4 Å². The quantitative estimate of drug-likeness (QED) is 0.226. The number of amides is 1. The van der Waals surface area contributed by atoms with Crippen molar-refractivity contribution in [1.82, 2.24) is 24.8 Å². The Hall–Kier alpha value is -3.62. The Bertz CT molecular complexity index is 1310. The number of anilines is 2. The first-order valence-corrected chi connectivity index (χ1v) is 12.8. The van der Waals surface area contributed by atoms with E-state index >= 15 is 0 Å². The van der Waals surface area contributed by atoms with Crippen molar-refractivity contribution in [3.63, 3.8) is 0 Å². The van der Waals surface area contributed by atoms with Crippen LogP contribution in [0.15, 0.2) is 73.3 Å². The van der Waals surface area contributed by atoms with Crippen molar-refractivity contribution in [2.45, 2.75) is 39.4 Å². The maximum Gasteiger partial charge on any atom is 0.242 e. The standard InChI is InChI=1S/C27H29Cl2N7O/c1-18(2)12-23(26(37)31-15-19-6-8-21(28)9-7-19)33-24-14-25(36-11-10-30-17-36)35-27(34-24)32-16-20-4-3-5-22(29)13-20/h3-11,13-14,17-18,23H,12,15-16H2,1-2H3,(H,31,37)(H2,32,33,34,35)/t23-/m1/s1. The third-order valence-corrected chi connectivity index (χ3v) is 6.03. The Kier molecular flexibility index (Phi) is 8.98. The monoisotopic (exact) mass is 537 g/mol. The first kappa shape index (κ1) is 26.4. The van der Waals surface area contributed by atoms with Crippen molar-refractivity contribution in [2.75, 3.05) is 10.6 Å². The van der Waals surface area contributed by atoms with Crippen LogP contribution >= 0.6 is 23.2 Å². The van der Waals surface area contributed by atoms with Crippen LogP contribution in [0.3, 0.4) is 0 Å². The summed E-state index contributed by atoms with van der Waals surface area (Å²) in [7, 11) is 0. The van der Waals surface area contributed by atoms with Crippen molar-refractivity contribution in [3.05, 3.63) is 94.5 Å². The third kappa shape index (κ3) is 7.93. The predicted molar refractivity (Wildman–Crippen MR) is 148 cm³/mol. The zero-order valence-electron chi connectivity index (χ0n) is 20.7. The summed E-state index contributed by atoms with van der Waals surface area (Å²) in [5.41, 5.74) is 1.97. The highest BCUT2D eigenvalue weighted by molar-refractivity contribution is 6.30. The van der Waals surface area contributed by atoms with Gasteiger partial charge in [0.05, 0.1) is 0 Å². The Balaban J connectivity index is 1.53. The van der Waals surface area contributed by atoms with Crippen LogP contribution in [0.2, 0.25) is 10.0 Å². The second-order valence-electron chi connectivity index (χ2n) is 9.06. The molecule has 0 bridgehead atoms. The van der Waals surface area contributed by atoms with Crippen molar-refractivity contribution in [3.8, 4) is 5.82 Å². The zero-order valence-corrected chi connectivity index (χ0v) is 22.2. The molecule has 0 saturated heterocycles. The number of nitrogens with one attached hydrogen (secondary N) is 3. The summed E-state index contributed by atoms with van der Waals surface area (Å²) in [4.78, 5) is 26.6. The highest BCUT2D eigenvalue weighted by atomic mass is 35.5. The van der Waals surface area contributed by atoms with Crippen molar-refractivity contribution >= 4 is 40.9 Å². The molecule has 10 heteroatoms. The van der Waals surface area contributed by atoms with E-state index in [4.69, 9.17) is 23.2 Å². The molecule has 4 aromatic rings. The summed E-state index contributed by atoms with van der Waals surface area (Å²) in [5.74, 6) is 1.74. The molecule has 192 valence electrons. The van der Waals surface area contributed by atoms with Gasteiger partial charge in [0.1, 0.15) is 24.0 Å². The molecule has 8 nitrogen and oxygen atoms in total. The van der Waals surface area contributed by atoms with Crippen molar-refractivity contribution in [1.29, 1.82) is 0 Å². The van der Waals surface area contributed by atoms with E-state index in [1.807, 2.05) is 48.5 Å². The van der Waals surface area contributed by atoms with E-state index in [0.29, 0.717) is 47.1 Å². The van der Waals surface area contributed by atoms with Gasteiger partial charge in [-0.1, -0.05) is 61.3 Å². The number of carbonyl (C=O) groups is 1. The molecular formula is C27H29Cl2N7O. The highest BCUT2D eigenvalue weighted by Crippen LogP contribution is 2.19. The predicted octanol–water partition coefficient (Wildman–Crippen LogP) is 5.72. The van der Waals surface area contributed by atoms with Gasteiger partial charge >= 0.3 is 0 Å². The van der Waals surface area contributed by atoms with Crippen molar-refractivity contribution < 1.29 is 4.79 Å². The van der Waals surface area contributed by atoms with Gasteiger partial charge in [0.25, 0.3) is 0 Å². The lowest BCUT2D eigenvalue weighted by atomic mass is 10.0. The lowest BCUT2D eigenvalue weighted by Crippen LogP contribution is -2.40. The van der Waals surface area contributed by atoms with E-state index in [-0.39, 0.29) is 11.8 Å². The average molecular weight is 538 g/mol. The maximum atomic E-state index is 13.2. The summed E-state index contributed by atoms with van der Waals surface area (Å²) in [6.45, 7) is 5.05. The zero-order chi connectivity index (χ0) is 26.2. The molecule has 0 unspecified atom stereocenters. The minimum absolute atomic E-state index is 0.111. The highest BCUT2D eigenvalue weighted by Gasteiger charge is 2.21. The molecule has 3 N–H and O–H groups in total. The Morgan fingerprint density at radius 2 is 1.78 bits per heavy atom. The van der Waals surface area contributed by atoms with E-state index < -0.39 is 6.04 Å². The van der Waals surface area contributed by atoms with Crippen LogP contribution in [0.5, 0.6) is 0 Å². The SMILES string of the molecule is CC(C)C[C@@H](Nc1cc(-n2ccnc2)nc(NCc2cccc(Cl)c2)n1)C(=O)NCc1ccc(Cl)cc1. The lowest BCUT2D eigenvalue weighted by molar-refractivity contribution is -0.122. The maximum absolute atomic E-state index is 13.2. The topological polar surface area (TPSA) is 96.8 Å². The molecule has 1 amide bonds. The van der Waals surface area contributed by atoms with Gasteiger partial charge in [-0.3, -0.25) is 9.36 Å². The number of hydrogen-bond acceptors (Lipinski definition) is 6. The second kappa shape index (κ2) is 12.6. The minimum atomic E-state index is -0.487. The van der Waals surface area contributed by atoms with Crippen LogP contribution in [0.4, 0.5) is 11.8 Å². The second-order valence-corrected chi connectivity index (χ2v) is 9.93. The molecule has 2 aromatic carbocycles. The average Bonchev–Trinajstić information content (AvgIpc) is 3.42. The normalized spacial score (nSPS) is 11.8. The third-order valence-electron chi connectivity index (χ3n) is 5.55. The fourth-order valence-corrected chi connectivity index (χ4v) is 4.08. The molecule has 1 atom stereocenters. The molecule has 0 fully saturated rings. The number of aromatic nitrogens is 4. The van der Waals surface area contributed by atoms with Crippen LogP contribution in [0, 0.1) is 5.92 Å². The molecule has 37 heavy (non-hydrogen) atoms. The van der Waals surface area contributed by atoms with Crippen LogP contribution in [0.1, 0.15) is 31.4 Å². The van der Waals surface area contributed by atoms with E-state index in [9.17, 15) is 4.79 Å². The number of rotatable bonds is 11. The largest absolute Gasteiger partial charge is 0.358 e. The number of carbonyl (C=O) groups excluding carboxylic acids is 1. The van der Waals surface area contributed by atoms with Gasteiger partial charge in [0, 0.05) is 41.6 Å². The first-order valence-electron chi connectivity index (χ1n) is 12.0. The molecule has 0 aliphatic heterocycles. The number of halogens is 2.